The third-order valence-electron chi connectivity index (χ3n) is 6.45. The zero-order chi connectivity index (χ0) is 22.8. The largest absolute Gasteiger partial charge is 0.324 e. The maximum absolute atomic E-state index is 13.7. The van der Waals surface area contributed by atoms with Crippen molar-refractivity contribution >= 4 is 34.3 Å². The Kier molecular flexibility index (Phi) is 6.48. The molecule has 2 aromatic carbocycles. The standard InChI is InChI=1S/C25H27FN4O2S/c26-19-4-2-18-3-6-25(32)30(22(18)14-19)12-11-29-9-7-20(8-10-29)27-15-17-1-5-23-21(13-17)28-24(31)16-33-23/h1-6,13-14,20,27H,7-12,15-16H2,(H,28,31). The first-order valence-corrected chi connectivity index (χ1v) is 12.3. The van der Waals surface area contributed by atoms with Crippen LogP contribution in [-0.4, -0.2) is 46.8 Å². The summed E-state index contributed by atoms with van der Waals surface area (Å²) >= 11 is 1.58. The molecule has 1 amide bonds. The van der Waals surface area contributed by atoms with Gasteiger partial charge in [-0.1, -0.05) is 6.07 Å². The molecule has 2 N–H and O–H groups in total. The second-order valence-electron chi connectivity index (χ2n) is 8.69. The molecule has 172 valence electrons. The second kappa shape index (κ2) is 9.67. The molecule has 0 unspecified atom stereocenters. The van der Waals surface area contributed by atoms with Gasteiger partial charge in [0.15, 0.2) is 0 Å². The van der Waals surface area contributed by atoms with Crippen molar-refractivity contribution < 1.29 is 9.18 Å². The van der Waals surface area contributed by atoms with Crippen LogP contribution in [0.3, 0.4) is 0 Å². The quantitative estimate of drug-likeness (QED) is 0.583. The van der Waals surface area contributed by atoms with Gasteiger partial charge in [-0.05, 0) is 73.3 Å². The number of amides is 1. The van der Waals surface area contributed by atoms with E-state index in [9.17, 15) is 14.0 Å². The van der Waals surface area contributed by atoms with Crippen LogP contribution in [0.1, 0.15) is 18.4 Å². The summed E-state index contributed by atoms with van der Waals surface area (Å²) in [6, 6.07) is 14.6. The van der Waals surface area contributed by atoms with Gasteiger partial charge in [0, 0.05) is 36.6 Å². The number of anilines is 1. The van der Waals surface area contributed by atoms with Crippen molar-refractivity contribution in [1.29, 1.82) is 0 Å². The molecule has 5 rings (SSSR count). The summed E-state index contributed by atoms with van der Waals surface area (Å²) in [5.41, 5.74) is 2.64. The van der Waals surface area contributed by atoms with Crippen LogP contribution in [0.15, 0.2) is 58.2 Å². The molecule has 0 radical (unpaired) electrons. The lowest BCUT2D eigenvalue weighted by molar-refractivity contribution is -0.113. The number of nitrogens with one attached hydrogen (secondary N) is 2. The molecular weight excluding hydrogens is 439 g/mol. The van der Waals surface area contributed by atoms with Crippen LogP contribution in [-0.2, 0) is 17.9 Å². The molecule has 0 bridgehead atoms. The molecule has 6 nitrogen and oxygen atoms in total. The van der Waals surface area contributed by atoms with Gasteiger partial charge in [-0.15, -0.1) is 11.8 Å². The molecule has 1 aromatic heterocycles. The predicted octanol–water partition coefficient (Wildman–Crippen LogP) is 3.44. The maximum Gasteiger partial charge on any atom is 0.251 e. The van der Waals surface area contributed by atoms with Crippen molar-refractivity contribution in [3.05, 3.63) is 70.3 Å². The smallest absolute Gasteiger partial charge is 0.251 e. The number of hydrogen-bond acceptors (Lipinski definition) is 5. The van der Waals surface area contributed by atoms with Crippen LogP contribution < -0.4 is 16.2 Å². The molecule has 2 aliphatic rings. The van der Waals surface area contributed by atoms with Crippen LogP contribution >= 0.6 is 11.8 Å². The summed E-state index contributed by atoms with van der Waals surface area (Å²) in [5.74, 6) is 0.213. The van der Waals surface area contributed by atoms with Crippen molar-refractivity contribution in [2.45, 2.75) is 36.9 Å². The van der Waals surface area contributed by atoms with Gasteiger partial charge in [0.1, 0.15) is 5.82 Å². The molecule has 0 aliphatic carbocycles. The van der Waals surface area contributed by atoms with Gasteiger partial charge in [0.05, 0.1) is 17.0 Å². The van der Waals surface area contributed by atoms with E-state index < -0.39 is 0 Å². The molecule has 0 spiro atoms. The third kappa shape index (κ3) is 5.13. The van der Waals surface area contributed by atoms with E-state index in [0.717, 1.165) is 55.0 Å². The van der Waals surface area contributed by atoms with E-state index in [0.29, 0.717) is 23.9 Å². The van der Waals surface area contributed by atoms with Crippen LogP contribution in [0, 0.1) is 5.82 Å². The average Bonchev–Trinajstić information content (AvgIpc) is 2.82. The number of carbonyl (C=O) groups is 1. The van der Waals surface area contributed by atoms with Gasteiger partial charge < -0.3 is 20.1 Å². The molecule has 1 fully saturated rings. The number of nitrogens with zero attached hydrogens (tertiary/aromatic N) is 2. The molecule has 3 heterocycles. The number of halogens is 1. The molecule has 2 aliphatic heterocycles. The fourth-order valence-electron chi connectivity index (χ4n) is 4.60. The summed E-state index contributed by atoms with van der Waals surface area (Å²) < 4.78 is 15.4. The number of hydrogen-bond donors (Lipinski definition) is 2. The Balaban J connectivity index is 1.13. The molecule has 3 aromatic rings. The summed E-state index contributed by atoms with van der Waals surface area (Å²) in [6.45, 7) is 4.02. The molecule has 1 saturated heterocycles. The third-order valence-corrected chi connectivity index (χ3v) is 7.53. The van der Waals surface area contributed by atoms with Crippen LogP contribution in [0.5, 0.6) is 0 Å². The Bertz CT molecular complexity index is 1240. The van der Waals surface area contributed by atoms with Crippen LogP contribution in [0.25, 0.3) is 10.9 Å². The minimum atomic E-state index is -0.325. The van der Waals surface area contributed by atoms with Gasteiger partial charge in [0.2, 0.25) is 5.91 Å². The normalized spacial score (nSPS) is 17.2. The fraction of sp³-hybridized carbons (Fsp3) is 0.360. The first-order valence-electron chi connectivity index (χ1n) is 11.4. The van der Waals surface area contributed by atoms with Crippen molar-refractivity contribution in [3.63, 3.8) is 0 Å². The number of carbonyl (C=O) groups excluding carboxylic acids is 1. The minimum Gasteiger partial charge on any atom is -0.324 e. The summed E-state index contributed by atoms with van der Waals surface area (Å²) in [6.07, 6.45) is 2.08. The van der Waals surface area contributed by atoms with E-state index in [4.69, 9.17) is 0 Å². The lowest BCUT2D eigenvalue weighted by Crippen LogP contribution is -2.43. The highest BCUT2D eigenvalue weighted by Crippen LogP contribution is 2.32. The van der Waals surface area contributed by atoms with E-state index in [-0.39, 0.29) is 17.3 Å². The van der Waals surface area contributed by atoms with E-state index in [1.165, 1.54) is 17.7 Å². The average molecular weight is 467 g/mol. The Labute approximate surface area is 196 Å². The predicted molar refractivity (Wildman–Crippen MR) is 130 cm³/mol. The van der Waals surface area contributed by atoms with Gasteiger partial charge >= 0.3 is 0 Å². The minimum absolute atomic E-state index is 0.0564. The van der Waals surface area contributed by atoms with Crippen molar-refractivity contribution in [2.24, 2.45) is 0 Å². The van der Waals surface area contributed by atoms with Crippen LogP contribution in [0.4, 0.5) is 10.1 Å². The van der Waals surface area contributed by atoms with Crippen molar-refractivity contribution in [1.82, 2.24) is 14.8 Å². The first kappa shape index (κ1) is 22.1. The molecule has 33 heavy (non-hydrogen) atoms. The van der Waals surface area contributed by atoms with E-state index in [1.54, 1.807) is 34.5 Å². The van der Waals surface area contributed by atoms with Gasteiger partial charge in [-0.25, -0.2) is 4.39 Å². The fourth-order valence-corrected chi connectivity index (χ4v) is 5.38. The van der Waals surface area contributed by atoms with Gasteiger partial charge in [0.25, 0.3) is 5.56 Å². The number of rotatable bonds is 6. The van der Waals surface area contributed by atoms with Crippen molar-refractivity contribution in [3.8, 4) is 0 Å². The lowest BCUT2D eigenvalue weighted by atomic mass is 10.0. The second-order valence-corrected chi connectivity index (χ2v) is 9.71. The topological polar surface area (TPSA) is 66.4 Å². The highest BCUT2D eigenvalue weighted by Gasteiger charge is 2.20. The van der Waals surface area contributed by atoms with Crippen LogP contribution in [0.2, 0.25) is 0 Å². The number of fused-ring (bicyclic) bond motifs is 2. The monoisotopic (exact) mass is 466 g/mol. The number of benzene rings is 2. The van der Waals surface area contributed by atoms with Gasteiger partial charge in [-0.3, -0.25) is 9.59 Å². The molecule has 8 heteroatoms. The van der Waals surface area contributed by atoms with E-state index in [1.807, 2.05) is 0 Å². The van der Waals surface area contributed by atoms with E-state index >= 15 is 0 Å². The molecular formula is C25H27FN4O2S. The Hall–Kier alpha value is -2.68. The maximum atomic E-state index is 13.7. The van der Waals surface area contributed by atoms with E-state index in [2.05, 4.69) is 33.7 Å². The zero-order valence-electron chi connectivity index (χ0n) is 18.4. The Morgan fingerprint density at radius 1 is 1.03 bits per heavy atom. The number of thioether (sulfide) groups is 1. The number of likely N-dealkylation sites (tertiary alicyclic amines) is 1. The number of aromatic nitrogens is 1. The SMILES string of the molecule is O=C1CSc2ccc(CNC3CCN(CCn4c(=O)ccc5ccc(F)cc54)CC3)cc2N1. The van der Waals surface area contributed by atoms with Gasteiger partial charge in [-0.2, -0.15) is 0 Å². The van der Waals surface area contributed by atoms with Crippen molar-refractivity contribution in [2.75, 3.05) is 30.7 Å². The highest BCUT2D eigenvalue weighted by molar-refractivity contribution is 8.00. The first-order chi connectivity index (χ1) is 16.0. The summed E-state index contributed by atoms with van der Waals surface area (Å²) in [5, 5.41) is 7.47. The molecule has 0 atom stereocenters. The zero-order valence-corrected chi connectivity index (χ0v) is 19.2. The Morgan fingerprint density at radius 2 is 1.85 bits per heavy atom. The Morgan fingerprint density at radius 3 is 2.70 bits per heavy atom. The molecule has 0 saturated carbocycles. The highest BCUT2D eigenvalue weighted by atomic mass is 32.2. The summed E-state index contributed by atoms with van der Waals surface area (Å²) in [4.78, 5) is 27.5. The lowest BCUT2D eigenvalue weighted by Gasteiger charge is -2.32. The number of piperidine rings is 1. The summed E-state index contributed by atoms with van der Waals surface area (Å²) in [7, 11) is 0. The number of pyridine rings is 1.